The molecule has 0 aromatic heterocycles. The quantitative estimate of drug-likeness (QED) is 0.548. The molecule has 0 radical (unpaired) electrons. The van der Waals surface area contributed by atoms with Gasteiger partial charge in [0, 0.05) is 0 Å². The molecular formula is C17H30. The van der Waals surface area contributed by atoms with Crippen molar-refractivity contribution >= 4 is 0 Å². The lowest BCUT2D eigenvalue weighted by molar-refractivity contribution is 0.0529. The lowest BCUT2D eigenvalue weighted by Gasteiger charge is -2.45. The Morgan fingerprint density at radius 3 is 1.12 bits per heavy atom. The van der Waals surface area contributed by atoms with Crippen molar-refractivity contribution in [1.82, 2.24) is 0 Å². The summed E-state index contributed by atoms with van der Waals surface area (Å²) in [5, 5.41) is 0. The fourth-order valence-corrected chi connectivity index (χ4v) is 4.87. The Bertz CT molecular complexity index is 212. The Morgan fingerprint density at radius 1 is 0.353 bits per heavy atom. The van der Waals surface area contributed by atoms with Crippen molar-refractivity contribution in [3.63, 3.8) is 0 Å². The van der Waals surface area contributed by atoms with E-state index in [0.29, 0.717) is 0 Å². The molecule has 3 aliphatic carbocycles. The largest absolute Gasteiger partial charge is 0.0533 e. The molecule has 0 heteroatoms. The molecule has 0 aromatic rings. The molecule has 0 heterocycles. The fraction of sp³-hybridized carbons (Fsp3) is 1.00. The predicted octanol–water partition coefficient (Wildman–Crippen LogP) is 5.56. The van der Waals surface area contributed by atoms with E-state index in [1.807, 2.05) is 0 Å². The summed E-state index contributed by atoms with van der Waals surface area (Å²) in [6.45, 7) is 0. The van der Waals surface area contributed by atoms with Crippen LogP contribution in [0.15, 0.2) is 0 Å². The van der Waals surface area contributed by atoms with Gasteiger partial charge in [0.2, 0.25) is 0 Å². The molecule has 3 aliphatic rings. The van der Waals surface area contributed by atoms with Crippen LogP contribution in [0.25, 0.3) is 0 Å². The Labute approximate surface area is 108 Å². The van der Waals surface area contributed by atoms with Gasteiger partial charge in [-0.15, -0.1) is 0 Å². The molecule has 0 nitrogen and oxygen atoms in total. The molecule has 17 heavy (non-hydrogen) atoms. The van der Waals surface area contributed by atoms with Gasteiger partial charge in [0.05, 0.1) is 0 Å². The molecule has 0 amide bonds. The van der Waals surface area contributed by atoms with Crippen molar-refractivity contribution in [3.8, 4) is 0 Å². The van der Waals surface area contributed by atoms with E-state index in [1.54, 1.807) is 38.5 Å². The van der Waals surface area contributed by atoms with Gasteiger partial charge in [-0.05, 0) is 36.5 Å². The van der Waals surface area contributed by atoms with Gasteiger partial charge in [-0.2, -0.15) is 0 Å². The monoisotopic (exact) mass is 234 g/mol. The summed E-state index contributed by atoms with van der Waals surface area (Å²) in [6.07, 6.45) is 20.2. The Balaban J connectivity index is 1.43. The van der Waals surface area contributed by atoms with E-state index in [1.165, 1.54) is 44.9 Å². The zero-order valence-corrected chi connectivity index (χ0v) is 11.5. The molecule has 0 unspecified atom stereocenters. The van der Waals surface area contributed by atoms with Gasteiger partial charge in [-0.1, -0.05) is 70.6 Å². The molecular weight excluding hydrogens is 204 g/mol. The van der Waals surface area contributed by atoms with Gasteiger partial charge in [0.15, 0.2) is 0 Å². The molecule has 3 fully saturated rings. The summed E-state index contributed by atoms with van der Waals surface area (Å²) in [4.78, 5) is 0. The van der Waals surface area contributed by atoms with Crippen LogP contribution in [0.3, 0.4) is 0 Å². The minimum absolute atomic E-state index is 1.14. The highest BCUT2D eigenvalue weighted by molar-refractivity contribution is 4.89. The van der Waals surface area contributed by atoms with Crippen LogP contribution in [0.4, 0.5) is 0 Å². The van der Waals surface area contributed by atoms with Gasteiger partial charge in [-0.25, -0.2) is 0 Å². The number of hydrogen-bond acceptors (Lipinski definition) is 0. The SMILES string of the molecule is C1CCCC(C2CC(C3CCCCC3)C2)CC1. The van der Waals surface area contributed by atoms with Crippen LogP contribution in [0.5, 0.6) is 0 Å². The van der Waals surface area contributed by atoms with Gasteiger partial charge in [0.1, 0.15) is 0 Å². The van der Waals surface area contributed by atoms with Crippen molar-refractivity contribution < 1.29 is 0 Å². The zero-order valence-electron chi connectivity index (χ0n) is 11.5. The van der Waals surface area contributed by atoms with E-state index in [4.69, 9.17) is 0 Å². The van der Waals surface area contributed by atoms with Crippen LogP contribution in [-0.4, -0.2) is 0 Å². The first-order valence-corrected chi connectivity index (χ1v) is 8.43. The van der Waals surface area contributed by atoms with Gasteiger partial charge in [0.25, 0.3) is 0 Å². The highest BCUT2D eigenvalue weighted by Gasteiger charge is 2.38. The Hall–Kier alpha value is 0. The molecule has 0 aromatic carbocycles. The number of hydrogen-bond donors (Lipinski definition) is 0. The minimum atomic E-state index is 1.14. The first-order chi connectivity index (χ1) is 8.43. The predicted molar refractivity (Wildman–Crippen MR) is 74.0 cm³/mol. The standard InChI is InChI=1S/C17H30/c1-2-5-9-14(8-4-1)16-12-17(13-16)15-10-6-3-7-11-15/h14-17H,1-13H2. The van der Waals surface area contributed by atoms with Crippen LogP contribution in [-0.2, 0) is 0 Å². The molecule has 0 aliphatic heterocycles. The summed E-state index contributed by atoms with van der Waals surface area (Å²) in [5.41, 5.74) is 0. The Kier molecular flexibility index (Phi) is 4.08. The normalized spacial score (nSPS) is 37.4. The van der Waals surface area contributed by atoms with Gasteiger partial charge >= 0.3 is 0 Å². The summed E-state index contributed by atoms with van der Waals surface area (Å²) < 4.78 is 0. The highest BCUT2D eigenvalue weighted by atomic mass is 14.4. The van der Waals surface area contributed by atoms with Crippen LogP contribution in [0, 0.1) is 23.7 Å². The van der Waals surface area contributed by atoms with Gasteiger partial charge < -0.3 is 0 Å². The van der Waals surface area contributed by atoms with Crippen molar-refractivity contribution in [3.05, 3.63) is 0 Å². The van der Waals surface area contributed by atoms with Crippen molar-refractivity contribution in [2.45, 2.75) is 83.5 Å². The smallest absolute Gasteiger partial charge is 0.0380 e. The highest BCUT2D eigenvalue weighted by Crippen LogP contribution is 2.49. The molecule has 98 valence electrons. The topological polar surface area (TPSA) is 0 Å². The minimum Gasteiger partial charge on any atom is -0.0533 e. The second-order valence-corrected chi connectivity index (χ2v) is 7.14. The molecule has 0 spiro atoms. The van der Waals surface area contributed by atoms with E-state index in [0.717, 1.165) is 23.7 Å². The van der Waals surface area contributed by atoms with Crippen LogP contribution in [0.2, 0.25) is 0 Å². The maximum absolute atomic E-state index is 1.62. The van der Waals surface area contributed by atoms with Crippen LogP contribution < -0.4 is 0 Å². The van der Waals surface area contributed by atoms with E-state index >= 15 is 0 Å². The summed E-state index contributed by atoms with van der Waals surface area (Å²) >= 11 is 0. The van der Waals surface area contributed by atoms with Crippen LogP contribution >= 0.6 is 0 Å². The van der Waals surface area contributed by atoms with E-state index in [9.17, 15) is 0 Å². The summed E-state index contributed by atoms with van der Waals surface area (Å²) in [5.74, 6) is 4.59. The van der Waals surface area contributed by atoms with Gasteiger partial charge in [-0.3, -0.25) is 0 Å². The second-order valence-electron chi connectivity index (χ2n) is 7.14. The van der Waals surface area contributed by atoms with Crippen molar-refractivity contribution in [1.29, 1.82) is 0 Å². The average molecular weight is 234 g/mol. The lowest BCUT2D eigenvalue weighted by Crippen LogP contribution is -2.35. The first kappa shape index (κ1) is 12.1. The first-order valence-electron chi connectivity index (χ1n) is 8.43. The van der Waals surface area contributed by atoms with Crippen LogP contribution in [0.1, 0.15) is 83.5 Å². The van der Waals surface area contributed by atoms with Crippen molar-refractivity contribution in [2.24, 2.45) is 23.7 Å². The Morgan fingerprint density at radius 2 is 0.706 bits per heavy atom. The second kappa shape index (κ2) is 5.76. The fourth-order valence-electron chi connectivity index (χ4n) is 4.87. The molecule has 3 saturated carbocycles. The molecule has 0 N–H and O–H groups in total. The maximum Gasteiger partial charge on any atom is -0.0380 e. The molecule has 0 saturated heterocycles. The third kappa shape index (κ3) is 2.88. The van der Waals surface area contributed by atoms with E-state index in [-0.39, 0.29) is 0 Å². The zero-order chi connectivity index (χ0) is 11.5. The third-order valence-corrected chi connectivity index (χ3v) is 6.09. The molecule has 0 atom stereocenters. The lowest BCUT2D eigenvalue weighted by atomic mass is 9.60. The van der Waals surface area contributed by atoms with E-state index < -0.39 is 0 Å². The average Bonchev–Trinajstić information content (AvgIpc) is 2.58. The third-order valence-electron chi connectivity index (χ3n) is 6.09. The van der Waals surface area contributed by atoms with Crippen molar-refractivity contribution in [2.75, 3.05) is 0 Å². The maximum atomic E-state index is 1.62. The summed E-state index contributed by atoms with van der Waals surface area (Å²) in [7, 11) is 0. The number of rotatable bonds is 2. The van der Waals surface area contributed by atoms with E-state index in [2.05, 4.69) is 0 Å². The molecule has 0 bridgehead atoms. The molecule has 3 rings (SSSR count). The summed E-state index contributed by atoms with van der Waals surface area (Å²) in [6, 6.07) is 0.